The van der Waals surface area contributed by atoms with E-state index < -0.39 is 5.82 Å². The second-order valence-corrected chi connectivity index (χ2v) is 5.33. The molecule has 1 unspecified atom stereocenters. The summed E-state index contributed by atoms with van der Waals surface area (Å²) in [6.07, 6.45) is 3.92. The summed E-state index contributed by atoms with van der Waals surface area (Å²) in [7, 11) is 0. The number of hydrogen-bond donors (Lipinski definition) is 1. The van der Waals surface area contributed by atoms with Crippen molar-refractivity contribution >= 4 is 11.9 Å². The monoisotopic (exact) mass is 280 g/mol. The first-order chi connectivity index (χ1) is 9.59. The highest BCUT2D eigenvalue weighted by molar-refractivity contribution is 5.78. The summed E-state index contributed by atoms with van der Waals surface area (Å²) < 4.78 is 18.6. The molecule has 108 valence electrons. The van der Waals surface area contributed by atoms with Gasteiger partial charge in [-0.3, -0.25) is 4.79 Å². The molecule has 6 nitrogen and oxygen atoms in total. The molecule has 2 aliphatic rings. The minimum atomic E-state index is -0.436. The lowest BCUT2D eigenvalue weighted by Gasteiger charge is -2.47. The van der Waals surface area contributed by atoms with Crippen LogP contribution in [0.1, 0.15) is 19.8 Å². The fourth-order valence-electron chi connectivity index (χ4n) is 2.88. The molecule has 20 heavy (non-hydrogen) atoms. The third kappa shape index (κ3) is 2.33. The maximum absolute atomic E-state index is 12.8. The molecule has 1 spiro atoms. The van der Waals surface area contributed by atoms with E-state index in [0.29, 0.717) is 5.95 Å². The zero-order chi connectivity index (χ0) is 14.2. The number of carbonyl (C=O) groups is 1. The number of rotatable bonds is 1. The van der Waals surface area contributed by atoms with Crippen LogP contribution in [0, 0.1) is 5.82 Å². The molecular formula is C13H17FN4O2. The van der Waals surface area contributed by atoms with Crippen molar-refractivity contribution in [1.29, 1.82) is 0 Å². The van der Waals surface area contributed by atoms with Gasteiger partial charge in [-0.05, 0) is 19.8 Å². The molecule has 3 rings (SSSR count). The van der Waals surface area contributed by atoms with Crippen molar-refractivity contribution in [1.82, 2.24) is 15.3 Å². The van der Waals surface area contributed by atoms with Gasteiger partial charge in [0.15, 0.2) is 5.82 Å². The Balaban J connectivity index is 1.67. The molecule has 1 aromatic heterocycles. The third-order valence-electron chi connectivity index (χ3n) is 4.16. The van der Waals surface area contributed by atoms with Crippen LogP contribution in [0.15, 0.2) is 12.4 Å². The summed E-state index contributed by atoms with van der Waals surface area (Å²) in [4.78, 5) is 21.3. The van der Waals surface area contributed by atoms with Crippen LogP contribution in [-0.2, 0) is 9.53 Å². The van der Waals surface area contributed by atoms with Crippen molar-refractivity contribution in [2.45, 2.75) is 31.4 Å². The van der Waals surface area contributed by atoms with Crippen molar-refractivity contribution in [3.63, 3.8) is 0 Å². The van der Waals surface area contributed by atoms with E-state index in [-0.39, 0.29) is 24.2 Å². The molecule has 2 saturated heterocycles. The van der Waals surface area contributed by atoms with E-state index in [1.54, 1.807) is 0 Å². The average molecular weight is 280 g/mol. The van der Waals surface area contributed by atoms with Gasteiger partial charge in [-0.1, -0.05) is 0 Å². The number of amides is 1. The molecule has 1 amide bonds. The quantitative estimate of drug-likeness (QED) is 0.811. The Labute approximate surface area is 116 Å². The van der Waals surface area contributed by atoms with Gasteiger partial charge in [0.2, 0.25) is 11.9 Å². The molecular weight excluding hydrogens is 263 g/mol. The molecule has 0 aromatic carbocycles. The van der Waals surface area contributed by atoms with Crippen LogP contribution in [0.25, 0.3) is 0 Å². The summed E-state index contributed by atoms with van der Waals surface area (Å²) in [6.45, 7) is 3.55. The predicted molar refractivity (Wildman–Crippen MR) is 69.7 cm³/mol. The van der Waals surface area contributed by atoms with E-state index in [1.165, 1.54) is 12.4 Å². The summed E-state index contributed by atoms with van der Waals surface area (Å²) in [5.74, 6) is 0.0374. The van der Waals surface area contributed by atoms with Crippen LogP contribution < -0.4 is 10.2 Å². The molecule has 7 heteroatoms. The van der Waals surface area contributed by atoms with E-state index in [9.17, 15) is 9.18 Å². The van der Waals surface area contributed by atoms with Gasteiger partial charge in [0, 0.05) is 13.1 Å². The van der Waals surface area contributed by atoms with E-state index in [0.717, 1.165) is 25.9 Å². The lowest BCUT2D eigenvalue weighted by atomic mass is 9.84. The van der Waals surface area contributed by atoms with Gasteiger partial charge >= 0.3 is 0 Å². The molecule has 1 aromatic rings. The van der Waals surface area contributed by atoms with Crippen LogP contribution in [0.4, 0.5) is 10.3 Å². The molecule has 3 heterocycles. The van der Waals surface area contributed by atoms with Gasteiger partial charge in [0.25, 0.3) is 0 Å². The first-order valence-corrected chi connectivity index (χ1v) is 6.75. The van der Waals surface area contributed by atoms with Crippen LogP contribution >= 0.6 is 0 Å². The van der Waals surface area contributed by atoms with Crippen molar-refractivity contribution in [2.24, 2.45) is 0 Å². The number of anilines is 1. The van der Waals surface area contributed by atoms with Crippen molar-refractivity contribution in [3.05, 3.63) is 18.2 Å². The second-order valence-electron chi connectivity index (χ2n) is 5.33. The molecule has 2 fully saturated rings. The lowest BCUT2D eigenvalue weighted by Crippen LogP contribution is -2.62. The maximum atomic E-state index is 12.8. The van der Waals surface area contributed by atoms with Crippen LogP contribution in [0.3, 0.4) is 0 Å². The Hall–Kier alpha value is -1.76. The molecule has 0 bridgehead atoms. The average Bonchev–Trinajstić information content (AvgIpc) is 2.45. The highest BCUT2D eigenvalue weighted by atomic mass is 19.1. The molecule has 1 atom stereocenters. The van der Waals surface area contributed by atoms with Gasteiger partial charge in [-0.25, -0.2) is 14.4 Å². The van der Waals surface area contributed by atoms with Crippen molar-refractivity contribution in [3.8, 4) is 0 Å². The van der Waals surface area contributed by atoms with E-state index in [4.69, 9.17) is 4.74 Å². The fraction of sp³-hybridized carbons (Fsp3) is 0.615. The maximum Gasteiger partial charge on any atom is 0.246 e. The van der Waals surface area contributed by atoms with Crippen LogP contribution in [0.5, 0.6) is 0 Å². The Bertz CT molecular complexity index is 500. The SMILES string of the molecule is CC1NC(=O)COC12CCN(c1ncc(F)cn1)CC2. The molecule has 2 aliphatic heterocycles. The number of ether oxygens (including phenoxy) is 1. The Morgan fingerprint density at radius 1 is 1.40 bits per heavy atom. The largest absolute Gasteiger partial charge is 0.363 e. The highest BCUT2D eigenvalue weighted by Gasteiger charge is 2.44. The molecule has 0 aliphatic carbocycles. The summed E-state index contributed by atoms with van der Waals surface area (Å²) in [6, 6.07) is 0.0000335. The summed E-state index contributed by atoms with van der Waals surface area (Å²) >= 11 is 0. The van der Waals surface area contributed by atoms with Gasteiger partial charge in [0.05, 0.1) is 24.0 Å². The topological polar surface area (TPSA) is 67.3 Å². The minimum Gasteiger partial charge on any atom is -0.363 e. The van der Waals surface area contributed by atoms with Crippen LogP contribution in [0.2, 0.25) is 0 Å². The molecule has 0 radical (unpaired) electrons. The number of morpholine rings is 1. The summed E-state index contributed by atoms with van der Waals surface area (Å²) in [5.41, 5.74) is -0.301. The Morgan fingerprint density at radius 3 is 2.65 bits per heavy atom. The van der Waals surface area contributed by atoms with E-state index in [2.05, 4.69) is 15.3 Å². The van der Waals surface area contributed by atoms with Gasteiger partial charge in [-0.2, -0.15) is 0 Å². The number of carbonyl (C=O) groups excluding carboxylic acids is 1. The third-order valence-corrected chi connectivity index (χ3v) is 4.16. The smallest absolute Gasteiger partial charge is 0.246 e. The van der Waals surface area contributed by atoms with E-state index in [1.807, 2.05) is 11.8 Å². The number of halogens is 1. The number of aromatic nitrogens is 2. The zero-order valence-corrected chi connectivity index (χ0v) is 11.3. The predicted octanol–water partition coefficient (Wildman–Crippen LogP) is 0.490. The summed E-state index contributed by atoms with van der Waals surface area (Å²) in [5, 5.41) is 2.94. The molecule has 1 N–H and O–H groups in total. The lowest BCUT2D eigenvalue weighted by molar-refractivity contribution is -0.154. The minimum absolute atomic E-state index is 0.0000335. The standard InChI is InChI=1S/C13H17FN4O2/c1-9-13(20-8-11(19)17-9)2-4-18(5-3-13)12-15-6-10(14)7-16-12/h6-7,9H,2-5,8H2,1H3,(H,17,19). The second kappa shape index (κ2) is 4.97. The van der Waals surface area contributed by atoms with Crippen LogP contribution in [-0.4, -0.2) is 47.2 Å². The number of piperidine rings is 1. The fourth-order valence-corrected chi connectivity index (χ4v) is 2.88. The first-order valence-electron chi connectivity index (χ1n) is 6.75. The van der Waals surface area contributed by atoms with Gasteiger partial charge in [0.1, 0.15) is 6.61 Å². The van der Waals surface area contributed by atoms with Crippen molar-refractivity contribution in [2.75, 3.05) is 24.6 Å². The van der Waals surface area contributed by atoms with E-state index >= 15 is 0 Å². The molecule has 0 saturated carbocycles. The Morgan fingerprint density at radius 2 is 2.05 bits per heavy atom. The van der Waals surface area contributed by atoms with Gasteiger partial charge in [-0.15, -0.1) is 0 Å². The number of nitrogens with one attached hydrogen (secondary N) is 1. The first kappa shape index (κ1) is 13.2. The normalized spacial score (nSPS) is 25.6. The van der Waals surface area contributed by atoms with Crippen molar-refractivity contribution < 1.29 is 13.9 Å². The number of nitrogens with zero attached hydrogens (tertiary/aromatic N) is 3. The van der Waals surface area contributed by atoms with Gasteiger partial charge < -0.3 is 15.0 Å². The zero-order valence-electron chi connectivity index (χ0n) is 11.3. The Kier molecular flexibility index (Phi) is 3.29. The highest BCUT2D eigenvalue weighted by Crippen LogP contribution is 2.32. The number of hydrogen-bond acceptors (Lipinski definition) is 5.